The molecule has 4 rings (SSSR count). The number of rotatable bonds is 9. The lowest BCUT2D eigenvalue weighted by molar-refractivity contribution is -0.189. The molecule has 13 heteroatoms. The number of hydrogen-bond acceptors (Lipinski definition) is 5. The lowest BCUT2D eigenvalue weighted by Crippen LogP contribution is -2.49. The Hall–Kier alpha value is -3.15. The second-order valence-electron chi connectivity index (χ2n) is 9.94. The van der Waals surface area contributed by atoms with Gasteiger partial charge in [0.15, 0.2) is 0 Å². The minimum Gasteiger partial charge on any atom is -0.353 e. The van der Waals surface area contributed by atoms with Crippen molar-refractivity contribution in [2.45, 2.75) is 69.8 Å². The van der Waals surface area contributed by atoms with Crippen molar-refractivity contribution < 1.29 is 37.1 Å². The summed E-state index contributed by atoms with van der Waals surface area (Å²) >= 11 is 6.00. The van der Waals surface area contributed by atoms with Gasteiger partial charge >= 0.3 is 6.18 Å². The number of amides is 4. The molecule has 1 aromatic rings. The first kappa shape index (κ1) is 26.9. The molecule has 1 unspecified atom stereocenters. The van der Waals surface area contributed by atoms with E-state index in [1.807, 2.05) is 0 Å². The van der Waals surface area contributed by atoms with Gasteiger partial charge in [-0.2, -0.15) is 13.2 Å². The molecular weight excluding hydrogens is 517 g/mol. The number of benzene rings is 1. The van der Waals surface area contributed by atoms with Gasteiger partial charge in [0, 0.05) is 23.0 Å². The summed E-state index contributed by atoms with van der Waals surface area (Å²) in [5.74, 6) is -5.06. The summed E-state index contributed by atoms with van der Waals surface area (Å²) in [4.78, 5) is 63.4. The third-order valence-corrected chi connectivity index (χ3v) is 7.11. The van der Waals surface area contributed by atoms with Crippen LogP contribution in [-0.4, -0.2) is 53.7 Å². The first-order valence-electron chi connectivity index (χ1n) is 11.9. The SMILES string of the molecule is C[C@@H]1C[C@@H](CC(NC(=O)c2cc(Cl)ccc2NC(=O)C2(C(F)(F)F)CC2)C(=O)C(=O)NC2CC2)C(=O)N1. The van der Waals surface area contributed by atoms with E-state index in [0.29, 0.717) is 6.42 Å². The molecule has 1 saturated heterocycles. The molecule has 3 atom stereocenters. The molecular formula is C24H26ClF3N4O5. The van der Waals surface area contributed by atoms with Crippen LogP contribution in [0, 0.1) is 11.3 Å². The standard InChI is InChI=1S/C24H26ClF3N4O5/c1-11-8-12(19(34)29-11)9-17(18(33)21(36)30-14-3-4-14)31-20(35)15-10-13(25)2-5-16(15)32-22(37)23(6-7-23)24(26,27)28/h2,5,10-12,14,17H,3-4,6-9H2,1H3,(H,29,34)(H,30,36)(H,31,35)(H,32,37)/t11-,12+,17?/m1/s1. The Kier molecular flexibility index (Phi) is 7.24. The van der Waals surface area contributed by atoms with Crippen molar-refractivity contribution in [3.63, 3.8) is 0 Å². The first-order chi connectivity index (χ1) is 17.3. The molecule has 9 nitrogen and oxygen atoms in total. The highest BCUT2D eigenvalue weighted by molar-refractivity contribution is 6.38. The van der Waals surface area contributed by atoms with Crippen LogP contribution in [0.25, 0.3) is 0 Å². The minimum absolute atomic E-state index is 0.0541. The Morgan fingerprint density at radius 1 is 1.19 bits per heavy atom. The molecule has 0 aromatic heterocycles. The molecule has 200 valence electrons. The number of carbonyl (C=O) groups excluding carboxylic acids is 5. The molecule has 0 bridgehead atoms. The average molecular weight is 543 g/mol. The zero-order valence-corrected chi connectivity index (χ0v) is 20.6. The van der Waals surface area contributed by atoms with Gasteiger partial charge in [-0.25, -0.2) is 0 Å². The number of alkyl halides is 3. The van der Waals surface area contributed by atoms with Crippen LogP contribution in [0.2, 0.25) is 5.02 Å². The lowest BCUT2D eigenvalue weighted by atomic mass is 9.93. The molecule has 2 saturated carbocycles. The van der Waals surface area contributed by atoms with Crippen molar-refractivity contribution in [2.75, 3.05) is 5.32 Å². The number of halogens is 4. The zero-order chi connectivity index (χ0) is 27.1. The third-order valence-electron chi connectivity index (χ3n) is 6.88. The average Bonchev–Trinajstić information content (AvgIpc) is 3.72. The Morgan fingerprint density at radius 3 is 2.41 bits per heavy atom. The van der Waals surface area contributed by atoms with Gasteiger partial charge in [-0.05, 0) is 63.6 Å². The molecule has 37 heavy (non-hydrogen) atoms. The normalized spacial score (nSPS) is 23.0. The Balaban J connectivity index is 1.55. The maximum Gasteiger partial charge on any atom is 0.403 e. The van der Waals surface area contributed by atoms with Crippen molar-refractivity contribution in [3.05, 3.63) is 28.8 Å². The van der Waals surface area contributed by atoms with Crippen LogP contribution >= 0.6 is 11.6 Å². The van der Waals surface area contributed by atoms with Crippen LogP contribution < -0.4 is 21.3 Å². The molecule has 1 aromatic carbocycles. The van der Waals surface area contributed by atoms with Crippen molar-refractivity contribution in [1.82, 2.24) is 16.0 Å². The minimum atomic E-state index is -4.75. The van der Waals surface area contributed by atoms with E-state index < -0.39 is 47.1 Å². The van der Waals surface area contributed by atoms with Crippen molar-refractivity contribution >= 4 is 46.7 Å². The van der Waals surface area contributed by atoms with Crippen molar-refractivity contribution in [3.8, 4) is 0 Å². The summed E-state index contributed by atoms with van der Waals surface area (Å²) in [6.45, 7) is 1.78. The number of carbonyl (C=O) groups is 5. The summed E-state index contributed by atoms with van der Waals surface area (Å²) in [7, 11) is 0. The van der Waals surface area contributed by atoms with E-state index in [2.05, 4.69) is 21.3 Å². The van der Waals surface area contributed by atoms with Gasteiger partial charge in [-0.3, -0.25) is 24.0 Å². The number of hydrogen-bond donors (Lipinski definition) is 4. The molecule has 3 aliphatic rings. The Bertz CT molecular complexity index is 1150. The van der Waals surface area contributed by atoms with Gasteiger partial charge in [0.25, 0.3) is 11.8 Å². The number of anilines is 1. The van der Waals surface area contributed by atoms with Crippen LogP contribution in [0.4, 0.5) is 18.9 Å². The van der Waals surface area contributed by atoms with Gasteiger partial charge in [0.2, 0.25) is 17.6 Å². The predicted molar refractivity (Wildman–Crippen MR) is 126 cm³/mol. The maximum absolute atomic E-state index is 13.4. The zero-order valence-electron chi connectivity index (χ0n) is 19.8. The van der Waals surface area contributed by atoms with Gasteiger partial charge in [-0.1, -0.05) is 11.6 Å². The van der Waals surface area contributed by atoms with E-state index in [0.717, 1.165) is 18.9 Å². The lowest BCUT2D eigenvalue weighted by Gasteiger charge is -2.22. The molecule has 1 heterocycles. The fourth-order valence-electron chi connectivity index (χ4n) is 4.37. The van der Waals surface area contributed by atoms with Crippen LogP contribution in [-0.2, 0) is 19.2 Å². The van der Waals surface area contributed by atoms with E-state index in [-0.39, 0.29) is 53.5 Å². The fourth-order valence-corrected chi connectivity index (χ4v) is 4.54. The van der Waals surface area contributed by atoms with Crippen molar-refractivity contribution in [2.24, 2.45) is 11.3 Å². The number of nitrogens with one attached hydrogen (secondary N) is 4. The summed E-state index contributed by atoms with van der Waals surface area (Å²) in [6, 6.07) is 1.94. The van der Waals surface area contributed by atoms with E-state index in [1.54, 1.807) is 6.92 Å². The third kappa shape index (κ3) is 5.89. The molecule has 3 fully saturated rings. The molecule has 4 N–H and O–H groups in total. The van der Waals surface area contributed by atoms with Crippen LogP contribution in [0.15, 0.2) is 18.2 Å². The van der Waals surface area contributed by atoms with Gasteiger partial charge in [0.05, 0.1) is 17.3 Å². The van der Waals surface area contributed by atoms with Crippen LogP contribution in [0.3, 0.4) is 0 Å². The van der Waals surface area contributed by atoms with E-state index in [9.17, 15) is 37.1 Å². The smallest absolute Gasteiger partial charge is 0.353 e. The predicted octanol–water partition coefficient (Wildman–Crippen LogP) is 2.48. The van der Waals surface area contributed by atoms with Gasteiger partial charge < -0.3 is 21.3 Å². The Labute approximate surface area is 215 Å². The topological polar surface area (TPSA) is 133 Å². The van der Waals surface area contributed by atoms with Gasteiger partial charge in [0.1, 0.15) is 5.41 Å². The summed E-state index contributed by atoms with van der Waals surface area (Å²) < 4.78 is 40.2. The second-order valence-corrected chi connectivity index (χ2v) is 10.4. The molecule has 4 amide bonds. The highest BCUT2D eigenvalue weighted by Crippen LogP contribution is 2.58. The maximum atomic E-state index is 13.4. The highest BCUT2D eigenvalue weighted by Gasteiger charge is 2.68. The van der Waals surface area contributed by atoms with E-state index in [1.165, 1.54) is 12.1 Å². The first-order valence-corrected chi connectivity index (χ1v) is 12.3. The summed E-state index contributed by atoms with van der Waals surface area (Å²) in [5, 5.41) is 9.92. The molecule has 1 aliphatic heterocycles. The van der Waals surface area contributed by atoms with Gasteiger partial charge in [-0.15, -0.1) is 0 Å². The van der Waals surface area contributed by atoms with E-state index in [4.69, 9.17) is 11.6 Å². The monoisotopic (exact) mass is 542 g/mol. The quantitative estimate of drug-likeness (QED) is 0.356. The van der Waals surface area contributed by atoms with Crippen molar-refractivity contribution in [1.29, 1.82) is 0 Å². The van der Waals surface area contributed by atoms with Crippen LogP contribution in [0.5, 0.6) is 0 Å². The van der Waals surface area contributed by atoms with Crippen LogP contribution in [0.1, 0.15) is 55.8 Å². The summed E-state index contributed by atoms with van der Waals surface area (Å²) in [5.41, 5.74) is -3.04. The number of Topliss-reactive ketones (excluding diaryl/α,β-unsaturated/α-hetero) is 1. The molecule has 0 spiro atoms. The molecule has 2 aliphatic carbocycles. The largest absolute Gasteiger partial charge is 0.403 e. The molecule has 0 radical (unpaired) electrons. The van der Waals surface area contributed by atoms with E-state index >= 15 is 0 Å². The second kappa shape index (κ2) is 9.96. The Morgan fingerprint density at radius 2 is 1.86 bits per heavy atom. The highest BCUT2D eigenvalue weighted by atomic mass is 35.5. The fraction of sp³-hybridized carbons (Fsp3) is 0.542. The summed E-state index contributed by atoms with van der Waals surface area (Å²) in [6.07, 6.45) is -3.80. The number of ketones is 1.